The Kier molecular flexibility index (Phi) is 8.34. The molecule has 0 aliphatic carbocycles. The van der Waals surface area contributed by atoms with E-state index < -0.39 is 9.84 Å². The van der Waals surface area contributed by atoms with Crippen molar-refractivity contribution in [3.63, 3.8) is 0 Å². The van der Waals surface area contributed by atoms with E-state index in [-0.39, 0.29) is 39.9 Å². The maximum atomic E-state index is 12.6. The number of nitrogens with one attached hydrogen (secondary N) is 2. The average molecular weight is 391 g/mol. The van der Waals surface area contributed by atoms with Gasteiger partial charge in [-0.3, -0.25) is 4.79 Å². The van der Waals surface area contributed by atoms with Gasteiger partial charge in [-0.2, -0.15) is 0 Å². The summed E-state index contributed by atoms with van der Waals surface area (Å²) < 4.78 is 29.7. The van der Waals surface area contributed by atoms with Crippen LogP contribution in [0.1, 0.15) is 30.1 Å². The normalized spacial score (nSPS) is 16.7. The summed E-state index contributed by atoms with van der Waals surface area (Å²) in [6, 6.07) is 6.37. The molecule has 0 saturated carbocycles. The van der Waals surface area contributed by atoms with Gasteiger partial charge in [0.15, 0.2) is 9.84 Å². The first-order valence-corrected chi connectivity index (χ1v) is 9.89. The zero-order chi connectivity index (χ0) is 17.6. The monoisotopic (exact) mass is 390 g/mol. The SMILES string of the molecule is CCS(=O)(=O)c1ccccc1C(=O)NCC1(COC)CCNCC1.Cl. The van der Waals surface area contributed by atoms with Crippen molar-refractivity contribution in [1.82, 2.24) is 10.6 Å². The maximum absolute atomic E-state index is 12.6. The summed E-state index contributed by atoms with van der Waals surface area (Å²) in [5, 5.41) is 6.23. The van der Waals surface area contributed by atoms with Crippen LogP contribution in [0, 0.1) is 5.41 Å². The molecule has 1 aromatic carbocycles. The minimum Gasteiger partial charge on any atom is -0.384 e. The van der Waals surface area contributed by atoms with Crippen LogP contribution in [-0.4, -0.2) is 53.4 Å². The van der Waals surface area contributed by atoms with Crippen LogP contribution in [0.5, 0.6) is 0 Å². The topological polar surface area (TPSA) is 84.5 Å². The minimum absolute atomic E-state index is 0. The molecule has 1 aromatic rings. The van der Waals surface area contributed by atoms with Crippen LogP contribution in [0.25, 0.3) is 0 Å². The maximum Gasteiger partial charge on any atom is 0.252 e. The van der Waals surface area contributed by atoms with E-state index in [9.17, 15) is 13.2 Å². The van der Waals surface area contributed by atoms with Crippen LogP contribution in [0.4, 0.5) is 0 Å². The zero-order valence-electron chi connectivity index (χ0n) is 14.7. The first kappa shape index (κ1) is 21.9. The lowest BCUT2D eigenvalue weighted by Gasteiger charge is -2.37. The molecule has 1 amide bonds. The summed E-state index contributed by atoms with van der Waals surface area (Å²) in [4.78, 5) is 12.7. The fraction of sp³-hybridized carbons (Fsp3) is 0.588. The van der Waals surface area contributed by atoms with Crippen molar-refractivity contribution in [2.24, 2.45) is 5.41 Å². The first-order valence-electron chi connectivity index (χ1n) is 8.24. The highest BCUT2D eigenvalue weighted by molar-refractivity contribution is 7.91. The van der Waals surface area contributed by atoms with E-state index in [1.54, 1.807) is 32.2 Å². The molecular weight excluding hydrogens is 364 g/mol. The van der Waals surface area contributed by atoms with Gasteiger partial charge < -0.3 is 15.4 Å². The van der Waals surface area contributed by atoms with Crippen molar-refractivity contribution >= 4 is 28.2 Å². The molecule has 2 rings (SSSR count). The molecule has 0 radical (unpaired) electrons. The molecule has 8 heteroatoms. The molecule has 1 aliphatic heterocycles. The molecule has 142 valence electrons. The van der Waals surface area contributed by atoms with E-state index in [4.69, 9.17) is 4.74 Å². The van der Waals surface area contributed by atoms with Gasteiger partial charge in [-0.15, -0.1) is 12.4 Å². The number of rotatable bonds is 7. The molecule has 2 N–H and O–H groups in total. The van der Waals surface area contributed by atoms with Crippen LogP contribution in [0.15, 0.2) is 29.2 Å². The second-order valence-corrected chi connectivity index (χ2v) is 8.51. The first-order chi connectivity index (χ1) is 11.4. The molecule has 0 spiro atoms. The van der Waals surface area contributed by atoms with Crippen LogP contribution in [0.2, 0.25) is 0 Å². The zero-order valence-corrected chi connectivity index (χ0v) is 16.3. The van der Waals surface area contributed by atoms with E-state index in [2.05, 4.69) is 10.6 Å². The van der Waals surface area contributed by atoms with E-state index in [1.807, 2.05) is 0 Å². The third-order valence-electron chi connectivity index (χ3n) is 4.59. The highest BCUT2D eigenvalue weighted by Crippen LogP contribution is 2.28. The highest BCUT2D eigenvalue weighted by Gasteiger charge is 2.33. The number of piperidine rings is 1. The Hall–Kier alpha value is -1.15. The fourth-order valence-corrected chi connectivity index (χ4v) is 4.17. The van der Waals surface area contributed by atoms with Gasteiger partial charge in [-0.1, -0.05) is 19.1 Å². The Bertz CT molecular complexity index is 667. The van der Waals surface area contributed by atoms with Crippen LogP contribution in [-0.2, 0) is 14.6 Å². The molecule has 1 heterocycles. The molecule has 1 fully saturated rings. The number of ether oxygens (including phenoxy) is 1. The van der Waals surface area contributed by atoms with Gasteiger partial charge in [0.1, 0.15) is 0 Å². The second kappa shape index (κ2) is 9.52. The van der Waals surface area contributed by atoms with Crippen molar-refractivity contribution in [3.05, 3.63) is 29.8 Å². The number of carbonyl (C=O) groups excluding carboxylic acids is 1. The number of amides is 1. The fourth-order valence-electron chi connectivity index (χ4n) is 3.08. The summed E-state index contributed by atoms with van der Waals surface area (Å²) in [6.07, 6.45) is 1.83. The smallest absolute Gasteiger partial charge is 0.252 e. The molecule has 1 aliphatic rings. The van der Waals surface area contributed by atoms with Crippen LogP contribution < -0.4 is 10.6 Å². The number of carbonyl (C=O) groups is 1. The van der Waals surface area contributed by atoms with Gasteiger partial charge in [0, 0.05) is 19.1 Å². The third kappa shape index (κ3) is 5.41. The lowest BCUT2D eigenvalue weighted by molar-refractivity contribution is 0.0511. The van der Waals surface area contributed by atoms with E-state index in [1.165, 1.54) is 6.07 Å². The molecule has 0 aromatic heterocycles. The van der Waals surface area contributed by atoms with Crippen molar-refractivity contribution in [2.75, 3.05) is 39.1 Å². The lowest BCUT2D eigenvalue weighted by atomic mass is 9.79. The average Bonchev–Trinajstić information content (AvgIpc) is 2.61. The van der Waals surface area contributed by atoms with E-state index in [0.717, 1.165) is 25.9 Å². The van der Waals surface area contributed by atoms with Crippen LogP contribution >= 0.6 is 12.4 Å². The summed E-state index contributed by atoms with van der Waals surface area (Å²) in [5.41, 5.74) is 0.106. The summed E-state index contributed by atoms with van der Waals surface area (Å²) in [6.45, 7) is 4.40. The Morgan fingerprint density at radius 2 is 1.92 bits per heavy atom. The summed E-state index contributed by atoms with van der Waals surface area (Å²) >= 11 is 0. The van der Waals surface area contributed by atoms with Crippen LogP contribution in [0.3, 0.4) is 0 Å². The van der Waals surface area contributed by atoms with Gasteiger partial charge >= 0.3 is 0 Å². The van der Waals surface area contributed by atoms with Gasteiger partial charge in [-0.25, -0.2) is 8.42 Å². The number of halogens is 1. The lowest BCUT2D eigenvalue weighted by Crippen LogP contribution is -2.47. The summed E-state index contributed by atoms with van der Waals surface area (Å²) in [5.74, 6) is -0.382. The van der Waals surface area contributed by atoms with Gasteiger partial charge in [0.05, 0.1) is 22.8 Å². The number of benzene rings is 1. The predicted octanol–water partition coefficient (Wildman–Crippen LogP) is 1.65. The number of hydrogen-bond acceptors (Lipinski definition) is 5. The Morgan fingerprint density at radius 3 is 2.52 bits per heavy atom. The van der Waals surface area contributed by atoms with Crippen molar-refractivity contribution in [3.8, 4) is 0 Å². The minimum atomic E-state index is -3.44. The molecule has 0 unspecified atom stereocenters. The van der Waals surface area contributed by atoms with Gasteiger partial charge in [0.25, 0.3) is 5.91 Å². The third-order valence-corrected chi connectivity index (χ3v) is 6.37. The molecule has 0 atom stereocenters. The van der Waals surface area contributed by atoms with Crippen molar-refractivity contribution in [2.45, 2.75) is 24.7 Å². The van der Waals surface area contributed by atoms with Crippen molar-refractivity contribution < 1.29 is 17.9 Å². The largest absolute Gasteiger partial charge is 0.384 e. The molecule has 6 nitrogen and oxygen atoms in total. The number of methoxy groups -OCH3 is 1. The molecule has 25 heavy (non-hydrogen) atoms. The number of sulfone groups is 1. The Labute approximate surface area is 156 Å². The predicted molar refractivity (Wildman–Crippen MR) is 100 cm³/mol. The highest BCUT2D eigenvalue weighted by atomic mass is 35.5. The second-order valence-electron chi connectivity index (χ2n) is 6.27. The Balaban J connectivity index is 0.00000312. The van der Waals surface area contributed by atoms with E-state index >= 15 is 0 Å². The molecule has 1 saturated heterocycles. The summed E-state index contributed by atoms with van der Waals surface area (Å²) in [7, 11) is -1.78. The molecular formula is C17H27ClN2O4S. The van der Waals surface area contributed by atoms with Gasteiger partial charge in [0.2, 0.25) is 0 Å². The quantitative estimate of drug-likeness (QED) is 0.739. The van der Waals surface area contributed by atoms with Gasteiger partial charge in [-0.05, 0) is 38.1 Å². The Morgan fingerprint density at radius 1 is 1.28 bits per heavy atom. The van der Waals surface area contributed by atoms with E-state index in [0.29, 0.717) is 13.2 Å². The van der Waals surface area contributed by atoms with Crippen molar-refractivity contribution in [1.29, 1.82) is 0 Å². The standard InChI is InChI=1S/C17H26N2O4S.ClH/c1-3-24(21,22)15-7-5-4-6-14(15)16(20)19-12-17(13-23-2)8-10-18-11-9-17;/h4-7,18H,3,8-13H2,1-2H3,(H,19,20);1H. The molecule has 0 bridgehead atoms. The number of hydrogen-bond donors (Lipinski definition) is 2.